The molecule has 0 heterocycles. The first-order valence-corrected chi connectivity index (χ1v) is 8.40. The second-order valence-electron chi connectivity index (χ2n) is 6.87. The minimum Gasteiger partial charge on any atom is -0.381 e. The summed E-state index contributed by atoms with van der Waals surface area (Å²) in [7, 11) is 0. The van der Waals surface area contributed by atoms with Crippen molar-refractivity contribution in [2.75, 3.05) is 26.3 Å². The number of ether oxygens (including phenoxy) is 1. The third kappa shape index (κ3) is 9.65. The first-order chi connectivity index (χ1) is 10.1. The number of hydrogen-bond acceptors (Lipinski definition) is 2. The fourth-order valence-electron chi connectivity index (χ4n) is 2.37. The van der Waals surface area contributed by atoms with E-state index in [9.17, 15) is 0 Å². The predicted octanol–water partition coefficient (Wildman–Crippen LogP) is 4.15. The van der Waals surface area contributed by atoms with Crippen LogP contribution in [0.3, 0.4) is 0 Å². The molecule has 1 rings (SSSR count). The topological polar surface area (TPSA) is 21.3 Å². The van der Waals surface area contributed by atoms with Crippen molar-refractivity contribution in [3.8, 4) is 0 Å². The molecule has 1 atom stereocenters. The van der Waals surface area contributed by atoms with Crippen LogP contribution in [0.25, 0.3) is 0 Å². The predicted molar refractivity (Wildman–Crippen MR) is 91.6 cm³/mol. The van der Waals surface area contributed by atoms with E-state index in [2.05, 4.69) is 63.3 Å². The SMILES string of the molecule is CC(C)CNCC(CCOCC(C)C)Cc1ccccc1. The maximum absolute atomic E-state index is 5.76. The fourth-order valence-corrected chi connectivity index (χ4v) is 2.37. The van der Waals surface area contributed by atoms with Gasteiger partial charge in [-0.3, -0.25) is 0 Å². The number of rotatable bonds is 11. The molecule has 1 aromatic rings. The Kier molecular flexibility index (Phi) is 9.36. The van der Waals surface area contributed by atoms with Gasteiger partial charge in [0.1, 0.15) is 0 Å². The van der Waals surface area contributed by atoms with Gasteiger partial charge in [-0.1, -0.05) is 58.0 Å². The third-order valence-corrected chi connectivity index (χ3v) is 3.47. The van der Waals surface area contributed by atoms with Gasteiger partial charge in [-0.25, -0.2) is 0 Å². The average Bonchev–Trinajstić information content (AvgIpc) is 2.43. The van der Waals surface area contributed by atoms with Gasteiger partial charge in [-0.2, -0.15) is 0 Å². The van der Waals surface area contributed by atoms with E-state index < -0.39 is 0 Å². The molecular weight excluding hydrogens is 258 g/mol. The normalized spacial score (nSPS) is 13.0. The van der Waals surface area contributed by atoms with Crippen LogP contribution in [0.1, 0.15) is 39.7 Å². The van der Waals surface area contributed by atoms with Gasteiger partial charge in [-0.15, -0.1) is 0 Å². The van der Waals surface area contributed by atoms with E-state index in [1.807, 2.05) is 0 Å². The summed E-state index contributed by atoms with van der Waals surface area (Å²) in [5.74, 6) is 1.98. The highest BCUT2D eigenvalue weighted by molar-refractivity contribution is 5.15. The molecular formula is C19H33NO. The van der Waals surface area contributed by atoms with Crippen molar-refractivity contribution in [1.29, 1.82) is 0 Å². The molecule has 0 saturated heterocycles. The highest BCUT2D eigenvalue weighted by atomic mass is 16.5. The van der Waals surface area contributed by atoms with E-state index in [-0.39, 0.29) is 0 Å². The zero-order valence-corrected chi connectivity index (χ0v) is 14.3. The second kappa shape index (κ2) is 10.8. The highest BCUT2D eigenvalue weighted by Crippen LogP contribution is 2.12. The average molecular weight is 291 g/mol. The van der Waals surface area contributed by atoms with Crippen LogP contribution in [0, 0.1) is 17.8 Å². The molecule has 1 unspecified atom stereocenters. The van der Waals surface area contributed by atoms with Crippen LogP contribution >= 0.6 is 0 Å². The molecule has 0 radical (unpaired) electrons. The lowest BCUT2D eigenvalue weighted by molar-refractivity contribution is 0.0975. The first-order valence-electron chi connectivity index (χ1n) is 8.40. The molecule has 21 heavy (non-hydrogen) atoms. The summed E-state index contributed by atoms with van der Waals surface area (Å²) >= 11 is 0. The van der Waals surface area contributed by atoms with Gasteiger partial charge in [0.2, 0.25) is 0 Å². The maximum Gasteiger partial charge on any atom is 0.0488 e. The van der Waals surface area contributed by atoms with Gasteiger partial charge in [0.25, 0.3) is 0 Å². The highest BCUT2D eigenvalue weighted by Gasteiger charge is 2.10. The number of nitrogens with one attached hydrogen (secondary N) is 1. The Morgan fingerprint density at radius 3 is 2.29 bits per heavy atom. The van der Waals surface area contributed by atoms with Crippen LogP contribution in [-0.4, -0.2) is 26.3 Å². The zero-order valence-electron chi connectivity index (χ0n) is 14.3. The quantitative estimate of drug-likeness (QED) is 0.618. The van der Waals surface area contributed by atoms with E-state index in [0.29, 0.717) is 17.8 Å². The Labute approximate surface area is 131 Å². The monoisotopic (exact) mass is 291 g/mol. The van der Waals surface area contributed by atoms with Crippen LogP contribution in [0.2, 0.25) is 0 Å². The molecule has 0 amide bonds. The lowest BCUT2D eigenvalue weighted by Crippen LogP contribution is -2.28. The molecule has 1 N–H and O–H groups in total. The molecule has 0 aliphatic heterocycles. The molecule has 1 aromatic carbocycles. The van der Waals surface area contributed by atoms with Gasteiger partial charge in [0, 0.05) is 13.2 Å². The first kappa shape index (κ1) is 18.2. The summed E-state index contributed by atoms with van der Waals surface area (Å²) in [6.45, 7) is 12.8. The summed E-state index contributed by atoms with van der Waals surface area (Å²) in [6, 6.07) is 10.8. The minimum absolute atomic E-state index is 0.622. The van der Waals surface area contributed by atoms with Gasteiger partial charge in [0.05, 0.1) is 0 Å². The van der Waals surface area contributed by atoms with E-state index in [0.717, 1.165) is 39.1 Å². The van der Waals surface area contributed by atoms with Crippen molar-refractivity contribution < 1.29 is 4.74 Å². The molecule has 0 saturated carbocycles. The van der Waals surface area contributed by atoms with Crippen LogP contribution in [0.15, 0.2) is 30.3 Å². The Bertz CT molecular complexity index is 348. The Hall–Kier alpha value is -0.860. The van der Waals surface area contributed by atoms with Gasteiger partial charge in [0.15, 0.2) is 0 Å². The lowest BCUT2D eigenvalue weighted by Gasteiger charge is -2.19. The molecule has 2 heteroatoms. The summed E-state index contributed by atoms with van der Waals surface area (Å²) in [5.41, 5.74) is 1.43. The van der Waals surface area contributed by atoms with Crippen LogP contribution in [-0.2, 0) is 11.2 Å². The minimum atomic E-state index is 0.622. The molecule has 0 aliphatic carbocycles. The molecule has 2 nitrogen and oxygen atoms in total. The zero-order chi connectivity index (χ0) is 15.5. The van der Waals surface area contributed by atoms with E-state index in [1.54, 1.807) is 0 Å². The van der Waals surface area contributed by atoms with Crippen molar-refractivity contribution >= 4 is 0 Å². The van der Waals surface area contributed by atoms with E-state index in [4.69, 9.17) is 4.74 Å². The maximum atomic E-state index is 5.76. The van der Waals surface area contributed by atoms with Crippen molar-refractivity contribution in [2.24, 2.45) is 17.8 Å². The molecule has 0 aromatic heterocycles. The molecule has 0 aliphatic rings. The van der Waals surface area contributed by atoms with Crippen molar-refractivity contribution in [3.63, 3.8) is 0 Å². The van der Waals surface area contributed by atoms with Crippen LogP contribution in [0.5, 0.6) is 0 Å². The number of hydrogen-bond donors (Lipinski definition) is 1. The molecule has 0 fully saturated rings. The molecule has 0 bridgehead atoms. The lowest BCUT2D eigenvalue weighted by atomic mass is 9.96. The van der Waals surface area contributed by atoms with Gasteiger partial charge >= 0.3 is 0 Å². The largest absolute Gasteiger partial charge is 0.381 e. The fraction of sp³-hybridized carbons (Fsp3) is 0.684. The summed E-state index contributed by atoms with van der Waals surface area (Å²) in [5, 5.41) is 3.60. The summed E-state index contributed by atoms with van der Waals surface area (Å²) in [6.07, 6.45) is 2.27. The molecule has 0 spiro atoms. The number of benzene rings is 1. The van der Waals surface area contributed by atoms with Gasteiger partial charge in [-0.05, 0) is 49.2 Å². The van der Waals surface area contributed by atoms with Gasteiger partial charge < -0.3 is 10.1 Å². The smallest absolute Gasteiger partial charge is 0.0488 e. The van der Waals surface area contributed by atoms with Crippen molar-refractivity contribution in [3.05, 3.63) is 35.9 Å². The van der Waals surface area contributed by atoms with Crippen molar-refractivity contribution in [1.82, 2.24) is 5.32 Å². The van der Waals surface area contributed by atoms with Crippen LogP contribution < -0.4 is 5.32 Å². The third-order valence-electron chi connectivity index (χ3n) is 3.47. The van der Waals surface area contributed by atoms with Crippen molar-refractivity contribution in [2.45, 2.75) is 40.5 Å². The Morgan fingerprint density at radius 1 is 0.952 bits per heavy atom. The summed E-state index contributed by atoms with van der Waals surface area (Å²) < 4.78 is 5.76. The van der Waals surface area contributed by atoms with E-state index >= 15 is 0 Å². The van der Waals surface area contributed by atoms with E-state index in [1.165, 1.54) is 5.56 Å². The Balaban J connectivity index is 2.37. The summed E-state index contributed by atoms with van der Waals surface area (Å²) in [4.78, 5) is 0. The molecule has 120 valence electrons. The second-order valence-corrected chi connectivity index (χ2v) is 6.87. The Morgan fingerprint density at radius 2 is 1.67 bits per heavy atom. The standard InChI is InChI=1S/C19H33NO/c1-16(2)13-20-14-19(10-11-21-15-17(3)4)12-18-8-6-5-7-9-18/h5-9,16-17,19-20H,10-15H2,1-4H3. The van der Waals surface area contributed by atoms with Crippen LogP contribution in [0.4, 0.5) is 0 Å².